The van der Waals surface area contributed by atoms with E-state index in [1.807, 2.05) is 42.5 Å². The van der Waals surface area contributed by atoms with Crippen molar-refractivity contribution in [1.82, 2.24) is 4.57 Å². The molecule has 0 saturated carbocycles. The lowest BCUT2D eigenvalue weighted by molar-refractivity contribution is 0.0600. The van der Waals surface area contributed by atoms with Crippen LogP contribution in [0.4, 0.5) is 0 Å². The van der Waals surface area contributed by atoms with Gasteiger partial charge in [-0.05, 0) is 47.4 Å². The van der Waals surface area contributed by atoms with E-state index in [1.54, 1.807) is 12.1 Å². The first-order chi connectivity index (χ1) is 13.2. The van der Waals surface area contributed by atoms with E-state index < -0.39 is 0 Å². The SMILES string of the molecule is CCC(c1ccc(C(=O)OC)cc1)n1cc(-c2ccccc2)cc/c1=N/N. The molecule has 5 heteroatoms. The second kappa shape index (κ2) is 8.36. The number of nitrogens with two attached hydrogens (primary N) is 1. The molecule has 0 fully saturated rings. The molecular formula is C22H23N3O2. The van der Waals surface area contributed by atoms with Gasteiger partial charge in [-0.1, -0.05) is 49.4 Å². The fourth-order valence-corrected chi connectivity index (χ4v) is 3.22. The summed E-state index contributed by atoms with van der Waals surface area (Å²) in [5.41, 5.74) is 4.52. The average Bonchev–Trinajstić information content (AvgIpc) is 2.74. The number of methoxy groups -OCH3 is 1. The number of rotatable bonds is 5. The number of pyridine rings is 1. The molecular weight excluding hydrogens is 338 g/mol. The van der Waals surface area contributed by atoms with Crippen molar-refractivity contribution in [2.75, 3.05) is 7.11 Å². The molecule has 0 aliphatic rings. The van der Waals surface area contributed by atoms with Crippen molar-refractivity contribution >= 4 is 5.97 Å². The maximum absolute atomic E-state index is 11.7. The second-order valence-corrected chi connectivity index (χ2v) is 6.22. The van der Waals surface area contributed by atoms with E-state index in [1.165, 1.54) is 7.11 Å². The summed E-state index contributed by atoms with van der Waals surface area (Å²) < 4.78 is 6.85. The van der Waals surface area contributed by atoms with E-state index in [0.29, 0.717) is 11.1 Å². The number of ether oxygens (including phenoxy) is 1. The molecule has 0 saturated heterocycles. The summed E-state index contributed by atoms with van der Waals surface area (Å²) in [7, 11) is 1.38. The van der Waals surface area contributed by atoms with Crippen LogP contribution < -0.4 is 11.3 Å². The summed E-state index contributed by atoms with van der Waals surface area (Å²) in [6.07, 6.45) is 2.92. The molecule has 0 bridgehead atoms. The van der Waals surface area contributed by atoms with Crippen LogP contribution in [-0.4, -0.2) is 17.6 Å². The number of carbonyl (C=O) groups is 1. The van der Waals surface area contributed by atoms with Gasteiger partial charge in [-0.2, -0.15) is 5.10 Å². The number of carbonyl (C=O) groups excluding carboxylic acids is 1. The van der Waals surface area contributed by atoms with Crippen LogP contribution in [0.1, 0.15) is 35.3 Å². The molecule has 1 aromatic heterocycles. The molecule has 0 radical (unpaired) electrons. The van der Waals surface area contributed by atoms with E-state index in [9.17, 15) is 4.79 Å². The van der Waals surface area contributed by atoms with Crippen molar-refractivity contribution in [3.8, 4) is 11.1 Å². The fraction of sp³-hybridized carbons (Fsp3) is 0.182. The van der Waals surface area contributed by atoms with E-state index in [0.717, 1.165) is 23.1 Å². The Morgan fingerprint density at radius 2 is 1.74 bits per heavy atom. The van der Waals surface area contributed by atoms with Crippen LogP contribution in [0.25, 0.3) is 11.1 Å². The highest BCUT2D eigenvalue weighted by Gasteiger charge is 2.14. The number of hydrogen-bond acceptors (Lipinski definition) is 4. The smallest absolute Gasteiger partial charge is 0.337 e. The molecule has 0 aliphatic carbocycles. The Balaban J connectivity index is 2.05. The topological polar surface area (TPSA) is 69.6 Å². The minimum absolute atomic E-state index is 0.0441. The highest BCUT2D eigenvalue weighted by Crippen LogP contribution is 2.24. The van der Waals surface area contributed by atoms with Gasteiger partial charge in [0.15, 0.2) is 5.49 Å². The highest BCUT2D eigenvalue weighted by atomic mass is 16.5. The van der Waals surface area contributed by atoms with Crippen LogP contribution in [-0.2, 0) is 4.74 Å². The predicted molar refractivity (Wildman–Crippen MR) is 106 cm³/mol. The Morgan fingerprint density at radius 3 is 2.33 bits per heavy atom. The molecule has 3 rings (SSSR count). The van der Waals surface area contributed by atoms with Gasteiger partial charge in [0, 0.05) is 6.20 Å². The zero-order chi connectivity index (χ0) is 19.2. The Bertz CT molecular complexity index is 976. The van der Waals surface area contributed by atoms with Crippen molar-refractivity contribution in [3.63, 3.8) is 0 Å². The zero-order valence-electron chi connectivity index (χ0n) is 15.5. The van der Waals surface area contributed by atoms with E-state index in [2.05, 4.69) is 34.9 Å². The van der Waals surface area contributed by atoms with Crippen molar-refractivity contribution in [3.05, 3.63) is 89.5 Å². The molecule has 5 nitrogen and oxygen atoms in total. The third-order valence-electron chi connectivity index (χ3n) is 4.63. The average molecular weight is 361 g/mol. The Morgan fingerprint density at radius 1 is 1.04 bits per heavy atom. The standard InChI is InChI=1S/C22H23N3O2/c1-3-20(17-9-11-18(12-10-17)22(26)27-2)25-15-19(13-14-21(25)24-23)16-7-5-4-6-8-16/h4-15,20H,3,23H2,1-2H3/b24-21-. The largest absolute Gasteiger partial charge is 0.465 e. The lowest BCUT2D eigenvalue weighted by atomic mass is 10.0. The van der Waals surface area contributed by atoms with Crippen LogP contribution in [0.2, 0.25) is 0 Å². The number of hydrogen-bond donors (Lipinski definition) is 1. The molecule has 1 heterocycles. The summed E-state index contributed by atoms with van der Waals surface area (Å²) in [5.74, 6) is 5.29. The van der Waals surface area contributed by atoms with Gasteiger partial charge < -0.3 is 15.1 Å². The van der Waals surface area contributed by atoms with Crippen molar-refractivity contribution in [1.29, 1.82) is 0 Å². The molecule has 0 aliphatic heterocycles. The molecule has 1 unspecified atom stereocenters. The first kappa shape index (κ1) is 18.5. The number of nitrogens with zero attached hydrogens (tertiary/aromatic N) is 2. The molecule has 0 amide bonds. The molecule has 138 valence electrons. The molecule has 2 N–H and O–H groups in total. The highest BCUT2D eigenvalue weighted by molar-refractivity contribution is 5.89. The van der Waals surface area contributed by atoms with Gasteiger partial charge in [0.05, 0.1) is 18.7 Å². The maximum Gasteiger partial charge on any atom is 0.337 e. The predicted octanol–water partition coefficient (Wildman–Crippen LogP) is 3.72. The van der Waals surface area contributed by atoms with Crippen LogP contribution in [0.5, 0.6) is 0 Å². The third-order valence-corrected chi connectivity index (χ3v) is 4.63. The van der Waals surface area contributed by atoms with Gasteiger partial charge in [0.25, 0.3) is 0 Å². The quantitative estimate of drug-likeness (QED) is 0.428. The van der Waals surface area contributed by atoms with Crippen LogP contribution in [0.15, 0.2) is 78.0 Å². The summed E-state index contributed by atoms with van der Waals surface area (Å²) in [6, 6.07) is 21.6. The van der Waals surface area contributed by atoms with Gasteiger partial charge in [-0.3, -0.25) is 0 Å². The second-order valence-electron chi connectivity index (χ2n) is 6.22. The molecule has 3 aromatic rings. The molecule has 27 heavy (non-hydrogen) atoms. The van der Waals surface area contributed by atoms with E-state index in [-0.39, 0.29) is 12.0 Å². The Hall–Kier alpha value is -3.34. The number of esters is 1. The fourth-order valence-electron chi connectivity index (χ4n) is 3.22. The zero-order valence-corrected chi connectivity index (χ0v) is 15.5. The molecule has 2 aromatic carbocycles. The monoisotopic (exact) mass is 361 g/mol. The Kier molecular flexibility index (Phi) is 5.71. The van der Waals surface area contributed by atoms with Crippen LogP contribution in [0.3, 0.4) is 0 Å². The van der Waals surface area contributed by atoms with Gasteiger partial charge in [-0.25, -0.2) is 4.79 Å². The summed E-state index contributed by atoms with van der Waals surface area (Å²) in [5, 5.41) is 3.95. The lowest BCUT2D eigenvalue weighted by Crippen LogP contribution is -2.26. The molecule has 1 atom stereocenters. The first-order valence-corrected chi connectivity index (χ1v) is 8.87. The summed E-state index contributed by atoms with van der Waals surface area (Å²) in [6.45, 7) is 2.11. The maximum atomic E-state index is 11.7. The van der Waals surface area contributed by atoms with Gasteiger partial charge >= 0.3 is 5.97 Å². The van der Waals surface area contributed by atoms with E-state index >= 15 is 0 Å². The van der Waals surface area contributed by atoms with Gasteiger partial charge in [-0.15, -0.1) is 0 Å². The van der Waals surface area contributed by atoms with Crippen molar-refractivity contribution in [2.24, 2.45) is 10.9 Å². The minimum atomic E-state index is -0.342. The van der Waals surface area contributed by atoms with Gasteiger partial charge in [0.1, 0.15) is 0 Å². The molecule has 0 spiro atoms. The normalized spacial score (nSPS) is 12.6. The van der Waals surface area contributed by atoms with Crippen LogP contribution in [0, 0.1) is 0 Å². The van der Waals surface area contributed by atoms with Crippen molar-refractivity contribution in [2.45, 2.75) is 19.4 Å². The summed E-state index contributed by atoms with van der Waals surface area (Å²) in [4.78, 5) is 11.7. The summed E-state index contributed by atoms with van der Waals surface area (Å²) >= 11 is 0. The number of aromatic nitrogens is 1. The van der Waals surface area contributed by atoms with Crippen LogP contribution >= 0.6 is 0 Å². The van der Waals surface area contributed by atoms with Gasteiger partial charge in [0.2, 0.25) is 0 Å². The minimum Gasteiger partial charge on any atom is -0.465 e. The van der Waals surface area contributed by atoms with Crippen molar-refractivity contribution < 1.29 is 9.53 Å². The Labute approximate surface area is 158 Å². The van der Waals surface area contributed by atoms with E-state index in [4.69, 9.17) is 10.6 Å². The third kappa shape index (κ3) is 3.92. The first-order valence-electron chi connectivity index (χ1n) is 8.87. The lowest BCUT2D eigenvalue weighted by Gasteiger charge is -2.21. The number of benzene rings is 2.